The van der Waals surface area contributed by atoms with Crippen molar-refractivity contribution < 1.29 is 4.79 Å². The number of carbonyl (C=O) groups excluding carboxylic acids is 1. The summed E-state index contributed by atoms with van der Waals surface area (Å²) in [7, 11) is 0. The van der Waals surface area contributed by atoms with Crippen LogP contribution < -0.4 is 0 Å². The van der Waals surface area contributed by atoms with E-state index in [4.69, 9.17) is 11.6 Å². The minimum Gasteiger partial charge on any atom is -0.294 e. The Morgan fingerprint density at radius 3 is 2.53 bits per heavy atom. The first kappa shape index (κ1) is 13.8. The molecule has 0 saturated heterocycles. The summed E-state index contributed by atoms with van der Waals surface area (Å²) in [5.74, 6) is 0.128. The van der Waals surface area contributed by atoms with Crippen molar-refractivity contribution in [2.24, 2.45) is 0 Å². The van der Waals surface area contributed by atoms with Crippen LogP contribution in [0.1, 0.15) is 34.0 Å². The molecule has 0 aliphatic carbocycles. The van der Waals surface area contributed by atoms with Gasteiger partial charge in [-0.05, 0) is 36.1 Å². The Bertz CT molecular complexity index is 602. The summed E-state index contributed by atoms with van der Waals surface area (Å²) in [5, 5.41) is 0.669. The van der Waals surface area contributed by atoms with Gasteiger partial charge in [-0.1, -0.05) is 54.9 Å². The zero-order valence-corrected chi connectivity index (χ0v) is 12.0. The predicted molar refractivity (Wildman–Crippen MR) is 80.0 cm³/mol. The first-order valence-electron chi connectivity index (χ1n) is 6.48. The minimum atomic E-state index is 0.128. The van der Waals surface area contributed by atoms with Crippen molar-refractivity contribution in [1.82, 2.24) is 0 Å². The second-order valence-corrected chi connectivity index (χ2v) is 5.11. The van der Waals surface area contributed by atoms with E-state index in [9.17, 15) is 4.79 Å². The Kier molecular flexibility index (Phi) is 4.39. The van der Waals surface area contributed by atoms with Crippen LogP contribution in [0.15, 0.2) is 42.5 Å². The Hall–Kier alpha value is -1.60. The lowest BCUT2D eigenvalue weighted by molar-refractivity contribution is 0.0992. The number of aryl methyl sites for hydroxylation is 2. The fraction of sp³-hybridized carbons (Fsp3) is 0.235. The first-order chi connectivity index (χ1) is 9.11. The molecule has 0 aliphatic heterocycles. The number of ketones is 1. The largest absolute Gasteiger partial charge is 0.294 e. The fourth-order valence-electron chi connectivity index (χ4n) is 2.16. The quantitative estimate of drug-likeness (QED) is 0.741. The van der Waals surface area contributed by atoms with Crippen molar-refractivity contribution in [1.29, 1.82) is 0 Å². The van der Waals surface area contributed by atoms with Crippen LogP contribution in [-0.2, 0) is 12.8 Å². The minimum absolute atomic E-state index is 0.128. The van der Waals surface area contributed by atoms with Crippen LogP contribution in [0, 0.1) is 6.92 Å². The molecular weight excluding hydrogens is 256 g/mol. The third kappa shape index (κ3) is 3.24. The average Bonchev–Trinajstić information content (AvgIpc) is 2.41. The van der Waals surface area contributed by atoms with Crippen molar-refractivity contribution in [2.45, 2.75) is 26.7 Å². The van der Waals surface area contributed by atoms with Crippen LogP contribution in [0.5, 0.6) is 0 Å². The van der Waals surface area contributed by atoms with Gasteiger partial charge in [0.05, 0.1) is 0 Å². The summed E-state index contributed by atoms with van der Waals surface area (Å²) in [4.78, 5) is 12.4. The Morgan fingerprint density at radius 1 is 1.11 bits per heavy atom. The fourth-order valence-corrected chi connectivity index (χ4v) is 2.47. The molecule has 0 spiro atoms. The van der Waals surface area contributed by atoms with Crippen molar-refractivity contribution in [3.05, 3.63) is 69.7 Å². The van der Waals surface area contributed by atoms with Crippen LogP contribution >= 0.6 is 11.6 Å². The van der Waals surface area contributed by atoms with Gasteiger partial charge >= 0.3 is 0 Å². The molecule has 1 nitrogen and oxygen atoms in total. The van der Waals surface area contributed by atoms with E-state index in [-0.39, 0.29) is 5.78 Å². The lowest BCUT2D eigenvalue weighted by Crippen LogP contribution is -2.07. The molecule has 0 bridgehead atoms. The molecule has 98 valence electrons. The third-order valence-electron chi connectivity index (χ3n) is 3.26. The number of rotatable bonds is 4. The highest BCUT2D eigenvalue weighted by molar-refractivity contribution is 6.31. The predicted octanol–water partition coefficient (Wildman–Crippen LogP) is 4.64. The molecule has 2 heteroatoms. The molecule has 0 atom stereocenters. The van der Waals surface area contributed by atoms with Gasteiger partial charge in [-0.15, -0.1) is 0 Å². The molecule has 2 aromatic rings. The molecule has 0 aromatic heterocycles. The van der Waals surface area contributed by atoms with E-state index in [0.29, 0.717) is 11.4 Å². The van der Waals surface area contributed by atoms with Gasteiger partial charge in [0.15, 0.2) is 5.78 Å². The number of hydrogen-bond acceptors (Lipinski definition) is 1. The van der Waals surface area contributed by atoms with Gasteiger partial charge < -0.3 is 0 Å². The molecule has 0 N–H and O–H groups in total. The maximum Gasteiger partial charge on any atom is 0.167 e. The van der Waals surface area contributed by atoms with Gasteiger partial charge in [-0.3, -0.25) is 4.79 Å². The molecule has 0 radical (unpaired) electrons. The highest BCUT2D eigenvalue weighted by Gasteiger charge is 2.12. The molecule has 0 aliphatic rings. The van der Waals surface area contributed by atoms with Crippen molar-refractivity contribution in [2.75, 3.05) is 0 Å². The standard InChI is InChI=1S/C17H17ClO/c1-3-13-6-4-5-7-15(13)17(19)11-14-9-8-12(2)10-16(14)18/h4-10H,3,11H2,1-2H3. The summed E-state index contributed by atoms with van der Waals surface area (Å²) >= 11 is 6.18. The SMILES string of the molecule is CCc1ccccc1C(=O)Cc1ccc(C)cc1Cl. The number of carbonyl (C=O) groups is 1. The molecular formula is C17H17ClO. The molecule has 0 amide bonds. The number of benzene rings is 2. The van der Waals surface area contributed by atoms with E-state index in [1.54, 1.807) is 0 Å². The van der Waals surface area contributed by atoms with Crippen LogP contribution in [0.2, 0.25) is 5.02 Å². The molecule has 0 unspecified atom stereocenters. The Labute approximate surface area is 119 Å². The molecule has 0 heterocycles. The summed E-state index contributed by atoms with van der Waals surface area (Å²) in [6, 6.07) is 13.6. The summed E-state index contributed by atoms with van der Waals surface area (Å²) in [6.07, 6.45) is 1.22. The van der Waals surface area contributed by atoms with Crippen molar-refractivity contribution in [3.63, 3.8) is 0 Å². The van der Waals surface area contributed by atoms with Crippen LogP contribution in [0.3, 0.4) is 0 Å². The van der Waals surface area contributed by atoms with Crippen LogP contribution in [0.25, 0.3) is 0 Å². The normalized spacial score (nSPS) is 10.5. The lowest BCUT2D eigenvalue weighted by Gasteiger charge is -2.08. The number of hydrogen-bond donors (Lipinski definition) is 0. The summed E-state index contributed by atoms with van der Waals surface area (Å²) in [5.41, 5.74) is 3.90. The average molecular weight is 273 g/mol. The maximum absolute atomic E-state index is 12.4. The van der Waals surface area contributed by atoms with Gasteiger partial charge in [0.25, 0.3) is 0 Å². The molecule has 0 saturated carbocycles. The summed E-state index contributed by atoms with van der Waals surface area (Å²) in [6.45, 7) is 4.05. The van der Waals surface area contributed by atoms with Crippen LogP contribution in [-0.4, -0.2) is 5.78 Å². The van der Waals surface area contributed by atoms with E-state index in [0.717, 1.165) is 28.7 Å². The van der Waals surface area contributed by atoms with Crippen LogP contribution in [0.4, 0.5) is 0 Å². The Morgan fingerprint density at radius 2 is 1.84 bits per heavy atom. The second-order valence-electron chi connectivity index (χ2n) is 4.71. The lowest BCUT2D eigenvalue weighted by atomic mass is 9.97. The zero-order valence-electron chi connectivity index (χ0n) is 11.2. The molecule has 19 heavy (non-hydrogen) atoms. The van der Waals surface area contributed by atoms with Gasteiger partial charge in [0.1, 0.15) is 0 Å². The zero-order chi connectivity index (χ0) is 13.8. The van der Waals surface area contributed by atoms with Gasteiger partial charge in [0, 0.05) is 17.0 Å². The molecule has 0 fully saturated rings. The van der Waals surface area contributed by atoms with Crippen molar-refractivity contribution >= 4 is 17.4 Å². The topological polar surface area (TPSA) is 17.1 Å². The second kappa shape index (κ2) is 6.03. The van der Waals surface area contributed by atoms with E-state index in [1.807, 2.05) is 49.4 Å². The van der Waals surface area contributed by atoms with Gasteiger partial charge in [0.2, 0.25) is 0 Å². The van der Waals surface area contributed by atoms with Gasteiger partial charge in [-0.25, -0.2) is 0 Å². The third-order valence-corrected chi connectivity index (χ3v) is 3.61. The smallest absolute Gasteiger partial charge is 0.167 e. The number of Topliss-reactive ketones (excluding diaryl/α,β-unsaturated/α-hetero) is 1. The van der Waals surface area contributed by atoms with E-state index >= 15 is 0 Å². The van der Waals surface area contributed by atoms with Gasteiger partial charge in [-0.2, -0.15) is 0 Å². The first-order valence-corrected chi connectivity index (χ1v) is 6.85. The molecule has 2 rings (SSSR count). The van der Waals surface area contributed by atoms with E-state index in [1.165, 1.54) is 0 Å². The maximum atomic E-state index is 12.4. The molecule has 2 aromatic carbocycles. The number of halogens is 1. The van der Waals surface area contributed by atoms with E-state index in [2.05, 4.69) is 6.92 Å². The van der Waals surface area contributed by atoms with E-state index < -0.39 is 0 Å². The highest BCUT2D eigenvalue weighted by Crippen LogP contribution is 2.20. The Balaban J connectivity index is 2.26. The monoisotopic (exact) mass is 272 g/mol. The highest BCUT2D eigenvalue weighted by atomic mass is 35.5. The summed E-state index contributed by atoms with van der Waals surface area (Å²) < 4.78 is 0. The van der Waals surface area contributed by atoms with Crippen molar-refractivity contribution in [3.8, 4) is 0 Å².